The molecule has 0 fully saturated rings. The van der Waals surface area contributed by atoms with Gasteiger partial charge in [0.05, 0.1) is 28.7 Å². The van der Waals surface area contributed by atoms with Crippen molar-refractivity contribution in [3.8, 4) is 5.69 Å². The van der Waals surface area contributed by atoms with Crippen molar-refractivity contribution in [3.05, 3.63) is 92.8 Å². The fourth-order valence-corrected chi connectivity index (χ4v) is 3.68. The molecule has 2 aromatic carbocycles. The van der Waals surface area contributed by atoms with Crippen LogP contribution in [0.1, 0.15) is 18.7 Å². The second-order valence-electron chi connectivity index (χ2n) is 6.95. The zero-order valence-electron chi connectivity index (χ0n) is 16.6. The molecule has 0 spiro atoms. The van der Waals surface area contributed by atoms with Gasteiger partial charge in [-0.15, -0.1) is 0 Å². The topological polar surface area (TPSA) is 90.2 Å². The van der Waals surface area contributed by atoms with Gasteiger partial charge in [-0.05, 0) is 36.6 Å². The summed E-state index contributed by atoms with van der Waals surface area (Å²) in [6.45, 7) is 8.99. The second kappa shape index (κ2) is 8.24. The molecule has 2 heterocycles. The van der Waals surface area contributed by atoms with Gasteiger partial charge in [-0.3, -0.25) is 9.36 Å². The lowest BCUT2D eigenvalue weighted by Gasteiger charge is -2.22. The van der Waals surface area contributed by atoms with E-state index in [0.717, 1.165) is 22.8 Å². The van der Waals surface area contributed by atoms with Crippen molar-refractivity contribution in [2.45, 2.75) is 13.0 Å². The Kier molecular flexibility index (Phi) is 5.47. The Balaban J connectivity index is 1.98. The molecule has 0 aliphatic heterocycles. The Morgan fingerprint density at radius 3 is 2.78 bits per heavy atom. The average Bonchev–Trinajstić information content (AvgIpc) is 2.75. The molecule has 3 N–H and O–H groups in total. The van der Waals surface area contributed by atoms with Crippen molar-refractivity contribution in [2.75, 3.05) is 11.1 Å². The largest absolute Gasteiger partial charge is 0.371 e. The quantitative estimate of drug-likeness (QED) is 0.424. The highest BCUT2D eigenvalue weighted by molar-refractivity contribution is 6.35. The molecule has 32 heavy (non-hydrogen) atoms. The smallest absolute Gasteiger partial charge is 0.264 e. The van der Waals surface area contributed by atoms with Crippen LogP contribution in [0.3, 0.4) is 0 Å². The summed E-state index contributed by atoms with van der Waals surface area (Å²) in [4.78, 5) is 24.6. The first-order valence-corrected chi connectivity index (χ1v) is 9.74. The Labute approximate surface area is 185 Å². The van der Waals surface area contributed by atoms with E-state index in [4.69, 9.17) is 23.9 Å². The maximum absolute atomic E-state index is 14.7. The van der Waals surface area contributed by atoms with E-state index >= 15 is 0 Å². The molecule has 160 valence electrons. The van der Waals surface area contributed by atoms with Gasteiger partial charge in [0.1, 0.15) is 17.5 Å². The number of nitrogens with zero attached hydrogens (tertiary/aromatic N) is 4. The second-order valence-corrected chi connectivity index (χ2v) is 7.36. The summed E-state index contributed by atoms with van der Waals surface area (Å²) in [5, 5.41) is 3.89. The van der Waals surface area contributed by atoms with Crippen LogP contribution in [-0.4, -0.2) is 14.5 Å². The number of anilines is 2. The predicted octanol–water partition coefficient (Wildman–Crippen LogP) is 5.02. The minimum Gasteiger partial charge on any atom is -0.371 e. The molecule has 0 saturated heterocycles. The van der Waals surface area contributed by atoms with Crippen molar-refractivity contribution >= 4 is 39.8 Å². The number of nitrogens with one attached hydrogen (secondary N) is 1. The van der Waals surface area contributed by atoms with E-state index in [1.807, 2.05) is 0 Å². The van der Waals surface area contributed by atoms with Crippen LogP contribution in [0.4, 0.5) is 26.2 Å². The number of rotatable bonds is 4. The van der Waals surface area contributed by atoms with E-state index in [9.17, 15) is 13.6 Å². The van der Waals surface area contributed by atoms with Gasteiger partial charge < -0.3 is 11.1 Å². The number of halogens is 3. The van der Waals surface area contributed by atoms with Crippen molar-refractivity contribution < 1.29 is 8.78 Å². The first-order chi connectivity index (χ1) is 15.3. The minimum atomic E-state index is -0.790. The monoisotopic (exact) mass is 452 g/mol. The third-order valence-corrected chi connectivity index (χ3v) is 5.19. The molecule has 0 amide bonds. The van der Waals surface area contributed by atoms with Crippen LogP contribution in [0.2, 0.25) is 5.02 Å². The number of aromatic nitrogens is 3. The van der Waals surface area contributed by atoms with Gasteiger partial charge in [0.25, 0.3) is 5.56 Å². The molecule has 1 atom stereocenters. The van der Waals surface area contributed by atoms with E-state index < -0.39 is 23.2 Å². The SMILES string of the molecule is [C-]#[N+]c1cnc(N)nc1N[C@@H](C)c1cc2cccc(Cl)c2c(=O)n1-c1cc(F)ccc1F. The van der Waals surface area contributed by atoms with E-state index in [1.54, 1.807) is 31.2 Å². The molecule has 4 aromatic rings. The summed E-state index contributed by atoms with van der Waals surface area (Å²) < 4.78 is 29.8. The van der Waals surface area contributed by atoms with Gasteiger partial charge in [0, 0.05) is 18.0 Å². The van der Waals surface area contributed by atoms with E-state index in [0.29, 0.717) is 11.1 Å². The van der Waals surface area contributed by atoms with E-state index in [2.05, 4.69) is 20.1 Å². The maximum Gasteiger partial charge on any atom is 0.264 e. The van der Waals surface area contributed by atoms with Crippen LogP contribution in [0.15, 0.2) is 53.5 Å². The molecule has 0 saturated carbocycles. The van der Waals surface area contributed by atoms with Gasteiger partial charge in [-0.2, -0.15) is 0 Å². The van der Waals surface area contributed by atoms with Crippen LogP contribution >= 0.6 is 11.6 Å². The van der Waals surface area contributed by atoms with Crippen molar-refractivity contribution in [2.24, 2.45) is 0 Å². The van der Waals surface area contributed by atoms with Gasteiger partial charge in [0.2, 0.25) is 11.6 Å². The number of benzene rings is 2. The third-order valence-electron chi connectivity index (χ3n) is 4.88. The first kappa shape index (κ1) is 21.2. The van der Waals surface area contributed by atoms with Crippen molar-refractivity contribution in [1.82, 2.24) is 14.5 Å². The van der Waals surface area contributed by atoms with Gasteiger partial charge >= 0.3 is 0 Å². The van der Waals surface area contributed by atoms with Gasteiger partial charge in [-0.1, -0.05) is 23.7 Å². The lowest BCUT2D eigenvalue weighted by atomic mass is 10.1. The Morgan fingerprint density at radius 2 is 2.03 bits per heavy atom. The van der Waals surface area contributed by atoms with E-state index in [-0.39, 0.29) is 33.5 Å². The lowest BCUT2D eigenvalue weighted by molar-refractivity contribution is 0.587. The molecular weight excluding hydrogens is 438 g/mol. The third kappa shape index (κ3) is 3.72. The minimum absolute atomic E-state index is 0.0500. The summed E-state index contributed by atoms with van der Waals surface area (Å²) in [5.41, 5.74) is 5.16. The van der Waals surface area contributed by atoms with Crippen molar-refractivity contribution in [1.29, 1.82) is 0 Å². The Hall–Kier alpha value is -4.03. The number of hydrogen-bond donors (Lipinski definition) is 2. The number of hydrogen-bond acceptors (Lipinski definition) is 5. The molecule has 0 bridgehead atoms. The molecule has 0 aliphatic rings. The van der Waals surface area contributed by atoms with Gasteiger partial charge in [0.15, 0.2) is 0 Å². The molecule has 0 aliphatic carbocycles. The van der Waals surface area contributed by atoms with Crippen molar-refractivity contribution in [3.63, 3.8) is 0 Å². The maximum atomic E-state index is 14.7. The first-order valence-electron chi connectivity index (χ1n) is 9.36. The summed E-state index contributed by atoms with van der Waals surface area (Å²) in [6, 6.07) is 8.73. The van der Waals surface area contributed by atoms with Crippen LogP contribution in [0.5, 0.6) is 0 Å². The summed E-state index contributed by atoms with van der Waals surface area (Å²) >= 11 is 6.25. The van der Waals surface area contributed by atoms with Crippen LogP contribution < -0.4 is 16.6 Å². The standard InChI is InChI=1S/C22H15ClF2N6O/c1-11(29-20-16(27-2)10-28-22(26)30-20)17-8-12-4-3-5-14(23)19(12)21(32)31(17)18-9-13(24)6-7-15(18)25/h3-11H,1H3,(H3,26,28,29,30)/t11-/m0/s1. The number of pyridine rings is 1. The summed E-state index contributed by atoms with van der Waals surface area (Å²) in [6.07, 6.45) is 1.27. The fourth-order valence-electron chi connectivity index (χ4n) is 3.42. The summed E-state index contributed by atoms with van der Waals surface area (Å²) in [7, 11) is 0. The highest BCUT2D eigenvalue weighted by Gasteiger charge is 2.21. The van der Waals surface area contributed by atoms with Crippen LogP contribution in [0, 0.1) is 18.2 Å². The fraction of sp³-hybridized carbons (Fsp3) is 0.0909. The highest BCUT2D eigenvalue weighted by Crippen LogP contribution is 2.30. The lowest BCUT2D eigenvalue weighted by Crippen LogP contribution is -2.26. The predicted molar refractivity (Wildman–Crippen MR) is 119 cm³/mol. The molecular formula is C22H15ClF2N6O. The average molecular weight is 453 g/mol. The number of nitrogen functional groups attached to an aromatic ring is 1. The Bertz CT molecular complexity index is 1460. The molecule has 7 nitrogen and oxygen atoms in total. The van der Waals surface area contributed by atoms with Gasteiger partial charge in [-0.25, -0.2) is 23.6 Å². The Morgan fingerprint density at radius 1 is 1.25 bits per heavy atom. The van der Waals surface area contributed by atoms with Crippen LogP contribution in [0.25, 0.3) is 21.3 Å². The number of nitrogens with two attached hydrogens (primary N) is 1. The van der Waals surface area contributed by atoms with Crippen LogP contribution in [-0.2, 0) is 0 Å². The highest BCUT2D eigenvalue weighted by atomic mass is 35.5. The normalized spacial score (nSPS) is 11.8. The van der Waals surface area contributed by atoms with E-state index in [1.165, 1.54) is 6.20 Å². The zero-order valence-corrected chi connectivity index (χ0v) is 17.4. The molecule has 0 unspecified atom stereocenters. The number of fused-ring (bicyclic) bond motifs is 1. The summed E-state index contributed by atoms with van der Waals surface area (Å²) in [5.74, 6) is -1.41. The molecule has 2 aromatic heterocycles. The zero-order chi connectivity index (χ0) is 23.0. The molecule has 0 radical (unpaired) electrons. The molecule has 4 rings (SSSR count). The molecule has 10 heteroatoms.